The lowest BCUT2D eigenvalue weighted by molar-refractivity contribution is 0.0963. The summed E-state index contributed by atoms with van der Waals surface area (Å²) in [6.45, 7) is 0. The van der Waals surface area contributed by atoms with Crippen molar-refractivity contribution in [2.24, 2.45) is 5.73 Å². The third kappa shape index (κ3) is 0.995. The molecule has 0 fully saturated rings. The van der Waals surface area contributed by atoms with Gasteiger partial charge < -0.3 is 10.3 Å². The van der Waals surface area contributed by atoms with Crippen LogP contribution in [0.2, 0.25) is 0 Å². The molecular formula is C8H10N2O2. The molecule has 0 aliphatic heterocycles. The van der Waals surface area contributed by atoms with Crippen molar-refractivity contribution < 1.29 is 9.32 Å². The Bertz CT molecular complexity index is 317. The van der Waals surface area contributed by atoms with Crippen molar-refractivity contribution in [1.82, 2.24) is 5.16 Å². The van der Waals surface area contributed by atoms with E-state index in [1.807, 2.05) is 0 Å². The molecule has 1 aromatic heterocycles. The van der Waals surface area contributed by atoms with Gasteiger partial charge in [-0.3, -0.25) is 4.79 Å². The smallest absolute Gasteiger partial charge is 0.287 e. The van der Waals surface area contributed by atoms with Crippen molar-refractivity contribution in [3.63, 3.8) is 0 Å². The van der Waals surface area contributed by atoms with Crippen LogP contribution in [0.1, 0.15) is 34.7 Å². The number of fused-ring (bicyclic) bond motifs is 1. The van der Waals surface area contributed by atoms with E-state index in [0.29, 0.717) is 0 Å². The van der Waals surface area contributed by atoms with Gasteiger partial charge in [-0.15, -0.1) is 0 Å². The van der Waals surface area contributed by atoms with E-state index in [1.165, 1.54) is 0 Å². The monoisotopic (exact) mass is 166 g/mol. The minimum Gasteiger partial charge on any atom is -0.363 e. The highest BCUT2D eigenvalue weighted by atomic mass is 16.5. The zero-order valence-electron chi connectivity index (χ0n) is 6.67. The predicted octanol–water partition coefficient (Wildman–Crippen LogP) is 0.652. The number of carbonyl (C=O) groups excluding carboxylic acids is 1. The first-order valence-corrected chi connectivity index (χ1v) is 4.06. The molecule has 0 atom stereocenters. The van der Waals surface area contributed by atoms with Crippen LogP contribution < -0.4 is 5.73 Å². The quantitative estimate of drug-likeness (QED) is 0.666. The van der Waals surface area contributed by atoms with Gasteiger partial charge in [0.2, 0.25) is 5.76 Å². The molecular weight excluding hydrogens is 156 g/mol. The Hall–Kier alpha value is -1.32. The van der Waals surface area contributed by atoms with E-state index in [9.17, 15) is 4.79 Å². The van der Waals surface area contributed by atoms with Gasteiger partial charge in [-0.25, -0.2) is 0 Å². The van der Waals surface area contributed by atoms with Crippen molar-refractivity contribution in [2.45, 2.75) is 25.7 Å². The molecule has 1 heterocycles. The van der Waals surface area contributed by atoms with Crippen LogP contribution in [0.25, 0.3) is 0 Å². The molecule has 4 heteroatoms. The Morgan fingerprint density at radius 3 is 2.92 bits per heavy atom. The molecule has 0 saturated heterocycles. The fourth-order valence-corrected chi connectivity index (χ4v) is 1.58. The molecule has 1 aliphatic rings. The molecule has 64 valence electrons. The van der Waals surface area contributed by atoms with Crippen molar-refractivity contribution in [3.05, 3.63) is 17.0 Å². The molecule has 0 radical (unpaired) electrons. The first-order valence-electron chi connectivity index (χ1n) is 4.06. The van der Waals surface area contributed by atoms with Gasteiger partial charge in [0.05, 0.1) is 5.69 Å². The summed E-state index contributed by atoms with van der Waals surface area (Å²) < 4.78 is 4.85. The Balaban J connectivity index is 2.44. The zero-order valence-corrected chi connectivity index (χ0v) is 6.67. The van der Waals surface area contributed by atoms with Crippen molar-refractivity contribution in [2.75, 3.05) is 0 Å². The number of amides is 1. The summed E-state index contributed by atoms with van der Waals surface area (Å²) in [7, 11) is 0. The molecule has 0 spiro atoms. The normalized spacial score (nSPS) is 15.7. The zero-order chi connectivity index (χ0) is 8.55. The molecule has 12 heavy (non-hydrogen) atoms. The second-order valence-corrected chi connectivity index (χ2v) is 3.01. The molecule has 1 amide bonds. The molecule has 1 aliphatic carbocycles. The van der Waals surface area contributed by atoms with Crippen LogP contribution in [0.4, 0.5) is 0 Å². The maximum atomic E-state index is 10.8. The topological polar surface area (TPSA) is 69.1 Å². The average molecular weight is 166 g/mol. The predicted molar refractivity (Wildman–Crippen MR) is 41.7 cm³/mol. The van der Waals surface area contributed by atoms with E-state index in [0.717, 1.165) is 36.9 Å². The Morgan fingerprint density at radius 2 is 2.17 bits per heavy atom. The summed E-state index contributed by atoms with van der Waals surface area (Å²) in [6.07, 6.45) is 4.00. The van der Waals surface area contributed by atoms with E-state index in [-0.39, 0.29) is 5.76 Å². The van der Waals surface area contributed by atoms with Gasteiger partial charge in [-0.1, -0.05) is 5.16 Å². The van der Waals surface area contributed by atoms with Crippen LogP contribution in [-0.4, -0.2) is 11.1 Å². The lowest BCUT2D eigenvalue weighted by Gasteiger charge is -2.07. The first kappa shape index (κ1) is 7.34. The first-order chi connectivity index (χ1) is 5.79. The van der Waals surface area contributed by atoms with E-state index < -0.39 is 5.91 Å². The number of primary amides is 1. The second kappa shape index (κ2) is 2.62. The van der Waals surface area contributed by atoms with Gasteiger partial charge in [-0.2, -0.15) is 0 Å². The summed E-state index contributed by atoms with van der Waals surface area (Å²) in [5.74, 6) is -0.254. The van der Waals surface area contributed by atoms with Crippen molar-refractivity contribution in [1.29, 1.82) is 0 Å². The maximum absolute atomic E-state index is 10.8. The molecule has 1 aromatic rings. The fourth-order valence-electron chi connectivity index (χ4n) is 1.58. The summed E-state index contributed by atoms with van der Waals surface area (Å²) in [4.78, 5) is 10.8. The highest BCUT2D eigenvalue weighted by Crippen LogP contribution is 2.23. The van der Waals surface area contributed by atoms with Crippen LogP contribution in [0, 0.1) is 0 Å². The largest absolute Gasteiger partial charge is 0.363 e. The van der Waals surface area contributed by atoms with E-state index in [4.69, 9.17) is 10.3 Å². The van der Waals surface area contributed by atoms with E-state index >= 15 is 0 Å². The number of hydrogen-bond donors (Lipinski definition) is 1. The lowest BCUT2D eigenvalue weighted by Crippen LogP contribution is -2.13. The number of hydrogen-bond acceptors (Lipinski definition) is 3. The molecule has 2 N–H and O–H groups in total. The molecule has 0 aromatic carbocycles. The number of rotatable bonds is 1. The third-order valence-corrected chi connectivity index (χ3v) is 2.18. The molecule has 2 rings (SSSR count). The highest BCUT2D eigenvalue weighted by molar-refractivity contribution is 5.91. The van der Waals surface area contributed by atoms with Gasteiger partial charge in [0.1, 0.15) is 0 Å². The van der Waals surface area contributed by atoms with Crippen molar-refractivity contribution >= 4 is 5.91 Å². The van der Waals surface area contributed by atoms with Crippen LogP contribution in [0.3, 0.4) is 0 Å². The number of aryl methyl sites for hydroxylation is 1. The molecule has 0 unspecified atom stereocenters. The Labute approximate surface area is 69.7 Å². The molecule has 4 nitrogen and oxygen atoms in total. The van der Waals surface area contributed by atoms with Crippen LogP contribution in [-0.2, 0) is 12.8 Å². The average Bonchev–Trinajstić information content (AvgIpc) is 2.47. The minimum absolute atomic E-state index is 0.254. The summed E-state index contributed by atoms with van der Waals surface area (Å²) in [5, 5.41) is 3.80. The Kier molecular flexibility index (Phi) is 1.60. The standard InChI is InChI=1S/C8H10N2O2/c9-8(11)7-5-3-1-2-4-6(5)10-12-7/h1-4H2,(H2,9,11). The summed E-state index contributed by atoms with van der Waals surface area (Å²) >= 11 is 0. The third-order valence-electron chi connectivity index (χ3n) is 2.18. The minimum atomic E-state index is -0.509. The maximum Gasteiger partial charge on any atom is 0.287 e. The van der Waals surface area contributed by atoms with Crippen molar-refractivity contribution in [3.8, 4) is 0 Å². The molecule has 0 bridgehead atoms. The van der Waals surface area contributed by atoms with Gasteiger partial charge in [-0.05, 0) is 25.7 Å². The van der Waals surface area contributed by atoms with E-state index in [2.05, 4.69) is 5.16 Å². The van der Waals surface area contributed by atoms with Crippen LogP contribution in [0.15, 0.2) is 4.52 Å². The number of aromatic nitrogens is 1. The SMILES string of the molecule is NC(=O)c1onc2c1CCCC2. The van der Waals surface area contributed by atoms with Gasteiger partial charge >= 0.3 is 0 Å². The lowest BCUT2D eigenvalue weighted by atomic mass is 9.96. The van der Waals surface area contributed by atoms with Crippen LogP contribution in [0.5, 0.6) is 0 Å². The van der Waals surface area contributed by atoms with Gasteiger partial charge in [0, 0.05) is 5.56 Å². The summed E-state index contributed by atoms with van der Waals surface area (Å²) in [6, 6.07) is 0. The summed E-state index contributed by atoms with van der Waals surface area (Å²) in [5.41, 5.74) is 6.95. The fraction of sp³-hybridized carbons (Fsp3) is 0.500. The number of carbonyl (C=O) groups is 1. The second-order valence-electron chi connectivity index (χ2n) is 3.01. The number of nitrogens with zero attached hydrogens (tertiary/aromatic N) is 1. The molecule has 0 saturated carbocycles. The number of nitrogens with two attached hydrogens (primary N) is 1. The Morgan fingerprint density at radius 1 is 1.42 bits per heavy atom. The van der Waals surface area contributed by atoms with E-state index in [1.54, 1.807) is 0 Å². The van der Waals surface area contributed by atoms with Gasteiger partial charge in [0.15, 0.2) is 0 Å². The van der Waals surface area contributed by atoms with Gasteiger partial charge in [0.25, 0.3) is 5.91 Å². The highest BCUT2D eigenvalue weighted by Gasteiger charge is 2.21. The van der Waals surface area contributed by atoms with Crippen LogP contribution >= 0.6 is 0 Å².